The molecule has 0 atom stereocenters. The zero-order valence-electron chi connectivity index (χ0n) is 10.3. The summed E-state index contributed by atoms with van der Waals surface area (Å²) in [6.45, 7) is 4.00. The number of hydrazone groups is 1. The van der Waals surface area contributed by atoms with Gasteiger partial charge in [0.15, 0.2) is 0 Å². The fraction of sp³-hybridized carbons (Fsp3) is 0.286. The Morgan fingerprint density at radius 1 is 1.35 bits per heavy atom. The van der Waals surface area contributed by atoms with Crippen LogP contribution in [-0.2, 0) is 4.79 Å². The Kier molecular flexibility index (Phi) is 5.72. The van der Waals surface area contributed by atoms with Crippen LogP contribution in [0.1, 0.15) is 25.8 Å². The standard InChI is InChI=1S/C14H18N2O/c1-12(2)11-14(17)16-15-10-6-9-13-7-4-3-5-8-13/h3-10,12H,11H2,1-2H3,(H,16,17)/b9-6+,15-10+. The highest BCUT2D eigenvalue weighted by atomic mass is 16.2. The molecule has 0 fully saturated rings. The highest BCUT2D eigenvalue weighted by Gasteiger charge is 2.01. The van der Waals surface area contributed by atoms with Gasteiger partial charge in [-0.25, -0.2) is 5.43 Å². The first-order valence-electron chi connectivity index (χ1n) is 5.72. The van der Waals surface area contributed by atoms with E-state index in [2.05, 4.69) is 10.5 Å². The van der Waals surface area contributed by atoms with E-state index in [9.17, 15) is 4.79 Å². The van der Waals surface area contributed by atoms with Crippen molar-refractivity contribution < 1.29 is 4.79 Å². The van der Waals surface area contributed by atoms with E-state index >= 15 is 0 Å². The molecule has 0 bridgehead atoms. The maximum atomic E-state index is 11.2. The van der Waals surface area contributed by atoms with E-state index in [-0.39, 0.29) is 5.91 Å². The summed E-state index contributed by atoms with van der Waals surface area (Å²) in [4.78, 5) is 11.2. The number of rotatable bonds is 5. The molecule has 1 aromatic carbocycles. The SMILES string of the molecule is CC(C)CC(=O)N/N=C/C=C/c1ccccc1. The second-order valence-electron chi connectivity index (χ2n) is 4.18. The van der Waals surface area contributed by atoms with E-state index in [1.54, 1.807) is 12.3 Å². The molecular weight excluding hydrogens is 212 g/mol. The van der Waals surface area contributed by atoms with E-state index in [0.717, 1.165) is 5.56 Å². The van der Waals surface area contributed by atoms with Gasteiger partial charge in [-0.1, -0.05) is 50.3 Å². The lowest BCUT2D eigenvalue weighted by molar-refractivity contribution is -0.121. The summed E-state index contributed by atoms with van der Waals surface area (Å²) >= 11 is 0. The third-order valence-corrected chi connectivity index (χ3v) is 2.03. The number of benzene rings is 1. The molecule has 0 heterocycles. The Labute approximate surface area is 102 Å². The van der Waals surface area contributed by atoms with Gasteiger partial charge in [-0.2, -0.15) is 5.10 Å². The van der Waals surface area contributed by atoms with Crippen molar-refractivity contribution in [2.75, 3.05) is 0 Å². The third-order valence-electron chi connectivity index (χ3n) is 2.03. The Morgan fingerprint density at radius 3 is 2.71 bits per heavy atom. The minimum absolute atomic E-state index is 0.0515. The normalized spacial score (nSPS) is 11.5. The van der Waals surface area contributed by atoms with E-state index < -0.39 is 0 Å². The number of allylic oxidation sites excluding steroid dienone is 1. The number of nitrogens with one attached hydrogen (secondary N) is 1. The smallest absolute Gasteiger partial charge is 0.240 e. The van der Waals surface area contributed by atoms with E-state index in [1.165, 1.54) is 0 Å². The average molecular weight is 230 g/mol. The first-order chi connectivity index (χ1) is 8.18. The first kappa shape index (κ1) is 13.2. The Morgan fingerprint density at radius 2 is 2.06 bits per heavy atom. The van der Waals surface area contributed by atoms with Gasteiger partial charge >= 0.3 is 0 Å². The maximum Gasteiger partial charge on any atom is 0.240 e. The molecule has 0 aliphatic rings. The third kappa shape index (κ3) is 6.30. The van der Waals surface area contributed by atoms with Gasteiger partial charge in [0.05, 0.1) is 0 Å². The summed E-state index contributed by atoms with van der Waals surface area (Å²) in [7, 11) is 0. The number of carbonyl (C=O) groups is 1. The molecule has 3 heteroatoms. The number of nitrogens with zero attached hydrogens (tertiary/aromatic N) is 1. The number of carbonyl (C=O) groups excluding carboxylic acids is 1. The molecule has 0 aliphatic heterocycles. The minimum atomic E-state index is -0.0515. The molecule has 1 amide bonds. The fourth-order valence-electron chi connectivity index (χ4n) is 1.29. The van der Waals surface area contributed by atoms with Crippen LogP contribution in [0.4, 0.5) is 0 Å². The lowest BCUT2D eigenvalue weighted by Crippen LogP contribution is -2.18. The molecule has 0 saturated heterocycles. The molecule has 1 rings (SSSR count). The fourth-order valence-corrected chi connectivity index (χ4v) is 1.29. The monoisotopic (exact) mass is 230 g/mol. The van der Waals surface area contributed by atoms with Crippen LogP contribution < -0.4 is 5.43 Å². The van der Waals surface area contributed by atoms with Crippen LogP contribution in [0.3, 0.4) is 0 Å². The predicted molar refractivity (Wildman–Crippen MR) is 71.6 cm³/mol. The van der Waals surface area contributed by atoms with Crippen LogP contribution in [-0.4, -0.2) is 12.1 Å². The zero-order valence-corrected chi connectivity index (χ0v) is 10.3. The van der Waals surface area contributed by atoms with Crippen LogP contribution in [0.15, 0.2) is 41.5 Å². The van der Waals surface area contributed by atoms with Gasteiger partial charge in [0.1, 0.15) is 0 Å². The van der Waals surface area contributed by atoms with Crippen LogP contribution in [0, 0.1) is 5.92 Å². The van der Waals surface area contributed by atoms with Gasteiger partial charge in [-0.05, 0) is 17.6 Å². The number of hydrogen-bond acceptors (Lipinski definition) is 2. The van der Waals surface area contributed by atoms with Crippen LogP contribution in [0.5, 0.6) is 0 Å². The van der Waals surface area contributed by atoms with Crippen molar-refractivity contribution in [2.24, 2.45) is 11.0 Å². The van der Waals surface area contributed by atoms with Gasteiger partial charge in [-0.15, -0.1) is 0 Å². The predicted octanol–water partition coefficient (Wildman–Crippen LogP) is 2.85. The molecule has 0 saturated carbocycles. The molecule has 1 N–H and O–H groups in total. The Balaban J connectivity index is 2.31. The summed E-state index contributed by atoms with van der Waals surface area (Å²) in [5.41, 5.74) is 3.58. The van der Waals surface area contributed by atoms with Crippen LogP contribution in [0.2, 0.25) is 0 Å². The van der Waals surface area contributed by atoms with Crippen LogP contribution >= 0.6 is 0 Å². The molecule has 17 heavy (non-hydrogen) atoms. The quantitative estimate of drug-likeness (QED) is 0.613. The van der Waals surface area contributed by atoms with Crippen molar-refractivity contribution in [3.8, 4) is 0 Å². The molecule has 3 nitrogen and oxygen atoms in total. The Hall–Kier alpha value is -1.90. The van der Waals surface area contributed by atoms with Gasteiger partial charge in [-0.3, -0.25) is 4.79 Å². The van der Waals surface area contributed by atoms with Gasteiger partial charge in [0.2, 0.25) is 5.91 Å². The van der Waals surface area contributed by atoms with Crippen molar-refractivity contribution in [2.45, 2.75) is 20.3 Å². The zero-order chi connectivity index (χ0) is 12.5. The molecule has 0 radical (unpaired) electrons. The summed E-state index contributed by atoms with van der Waals surface area (Å²) in [6.07, 6.45) is 5.80. The van der Waals surface area contributed by atoms with Crippen molar-refractivity contribution in [3.63, 3.8) is 0 Å². The number of amides is 1. The van der Waals surface area contributed by atoms with Crippen molar-refractivity contribution >= 4 is 18.2 Å². The summed E-state index contributed by atoms with van der Waals surface area (Å²) in [6, 6.07) is 9.92. The lowest BCUT2D eigenvalue weighted by Gasteiger charge is -2.01. The summed E-state index contributed by atoms with van der Waals surface area (Å²) < 4.78 is 0. The molecule has 0 spiro atoms. The molecule has 0 aliphatic carbocycles. The number of hydrogen-bond donors (Lipinski definition) is 1. The largest absolute Gasteiger partial charge is 0.273 e. The molecule has 0 aromatic heterocycles. The van der Waals surface area contributed by atoms with Gasteiger partial charge < -0.3 is 0 Å². The minimum Gasteiger partial charge on any atom is -0.273 e. The van der Waals surface area contributed by atoms with Gasteiger partial charge in [0, 0.05) is 12.6 Å². The maximum absolute atomic E-state index is 11.2. The van der Waals surface area contributed by atoms with E-state index in [1.807, 2.05) is 50.3 Å². The van der Waals surface area contributed by atoms with Gasteiger partial charge in [0.25, 0.3) is 0 Å². The summed E-state index contributed by atoms with van der Waals surface area (Å²) in [5.74, 6) is 0.300. The molecule has 90 valence electrons. The molecule has 1 aromatic rings. The van der Waals surface area contributed by atoms with Crippen molar-refractivity contribution in [1.29, 1.82) is 0 Å². The molecule has 0 unspecified atom stereocenters. The van der Waals surface area contributed by atoms with E-state index in [0.29, 0.717) is 12.3 Å². The second-order valence-corrected chi connectivity index (χ2v) is 4.18. The van der Waals surface area contributed by atoms with E-state index in [4.69, 9.17) is 0 Å². The van der Waals surface area contributed by atoms with Crippen molar-refractivity contribution in [1.82, 2.24) is 5.43 Å². The highest BCUT2D eigenvalue weighted by molar-refractivity contribution is 5.81. The average Bonchev–Trinajstić information content (AvgIpc) is 2.29. The Bertz CT molecular complexity index is 394. The van der Waals surface area contributed by atoms with Crippen LogP contribution in [0.25, 0.3) is 6.08 Å². The molecular formula is C14H18N2O. The first-order valence-corrected chi connectivity index (χ1v) is 5.72. The second kappa shape index (κ2) is 7.39. The topological polar surface area (TPSA) is 41.5 Å². The lowest BCUT2D eigenvalue weighted by atomic mass is 10.1. The van der Waals surface area contributed by atoms with Crippen molar-refractivity contribution in [3.05, 3.63) is 42.0 Å². The summed E-state index contributed by atoms with van der Waals surface area (Å²) in [5, 5.41) is 3.83. The highest BCUT2D eigenvalue weighted by Crippen LogP contribution is 2.00.